The summed E-state index contributed by atoms with van der Waals surface area (Å²) in [4.78, 5) is 22.0. The third-order valence-corrected chi connectivity index (χ3v) is 4.61. The zero-order chi connectivity index (χ0) is 17.7. The van der Waals surface area contributed by atoms with Gasteiger partial charge in [-0.1, -0.05) is 12.1 Å². The van der Waals surface area contributed by atoms with Crippen LogP contribution in [0.25, 0.3) is 0 Å². The van der Waals surface area contributed by atoms with Crippen LogP contribution in [0.5, 0.6) is 0 Å². The van der Waals surface area contributed by atoms with Crippen LogP contribution < -0.4 is 15.8 Å². The first kappa shape index (κ1) is 17.6. The Balaban J connectivity index is 2.05. The van der Waals surface area contributed by atoms with Crippen LogP contribution in [-0.2, 0) is 21.4 Å². The number of hydrogen-bond acceptors (Lipinski definition) is 4. The van der Waals surface area contributed by atoms with Crippen LogP contribution >= 0.6 is 0 Å². The summed E-state index contributed by atoms with van der Waals surface area (Å²) in [6, 6.07) is 12.2. The molecule has 0 aliphatic rings. The molecule has 0 aromatic heterocycles. The number of carbonyl (C=O) groups excluding carboxylic acids is 2. The Hall–Kier alpha value is -2.71. The normalized spacial score (nSPS) is 11.0. The summed E-state index contributed by atoms with van der Waals surface area (Å²) in [5.74, 6) is -0.774. The molecule has 0 atom stereocenters. The zero-order valence-electron chi connectivity index (χ0n) is 12.9. The van der Waals surface area contributed by atoms with Gasteiger partial charge in [0.15, 0.2) is 0 Å². The number of rotatable bonds is 6. The van der Waals surface area contributed by atoms with Gasteiger partial charge in [-0.25, -0.2) is 13.1 Å². The Bertz CT molecular complexity index is 844. The monoisotopic (exact) mass is 347 g/mol. The second kappa shape index (κ2) is 7.24. The van der Waals surface area contributed by atoms with Crippen LogP contribution in [0.3, 0.4) is 0 Å². The molecule has 2 amide bonds. The van der Waals surface area contributed by atoms with E-state index in [1.54, 1.807) is 12.1 Å². The van der Waals surface area contributed by atoms with Gasteiger partial charge in [-0.15, -0.1) is 0 Å². The van der Waals surface area contributed by atoms with Crippen molar-refractivity contribution in [2.45, 2.75) is 18.4 Å². The van der Waals surface area contributed by atoms with Gasteiger partial charge in [-0.3, -0.25) is 9.59 Å². The van der Waals surface area contributed by atoms with E-state index < -0.39 is 15.9 Å². The van der Waals surface area contributed by atoms with E-state index in [0.717, 1.165) is 0 Å². The fourth-order valence-electron chi connectivity index (χ4n) is 1.97. The van der Waals surface area contributed by atoms with E-state index in [1.807, 2.05) is 0 Å². The maximum Gasteiger partial charge on any atom is 0.248 e. The smallest absolute Gasteiger partial charge is 0.248 e. The summed E-state index contributed by atoms with van der Waals surface area (Å²) in [6.07, 6.45) is 0. The van der Waals surface area contributed by atoms with Crippen molar-refractivity contribution in [2.24, 2.45) is 5.73 Å². The SMILES string of the molecule is CC(=O)Nc1ccc(S(=O)(=O)NCc2ccc(C(N)=O)cc2)cc1. The Morgan fingerprint density at radius 2 is 1.58 bits per heavy atom. The molecule has 7 nitrogen and oxygen atoms in total. The van der Waals surface area contributed by atoms with Gasteiger partial charge in [0, 0.05) is 24.7 Å². The van der Waals surface area contributed by atoms with Crippen molar-refractivity contribution in [2.75, 3.05) is 5.32 Å². The Labute approximate surface area is 139 Å². The van der Waals surface area contributed by atoms with Crippen LogP contribution in [0.15, 0.2) is 53.4 Å². The number of carbonyl (C=O) groups is 2. The highest BCUT2D eigenvalue weighted by Gasteiger charge is 2.13. The molecule has 0 radical (unpaired) electrons. The second-order valence-corrected chi connectivity index (χ2v) is 6.86. The minimum Gasteiger partial charge on any atom is -0.366 e. The fraction of sp³-hybridized carbons (Fsp3) is 0.125. The average Bonchev–Trinajstić information content (AvgIpc) is 2.53. The van der Waals surface area contributed by atoms with Crippen molar-refractivity contribution in [3.05, 3.63) is 59.7 Å². The first-order chi connectivity index (χ1) is 11.3. The van der Waals surface area contributed by atoms with Crippen molar-refractivity contribution >= 4 is 27.5 Å². The van der Waals surface area contributed by atoms with Crippen molar-refractivity contribution < 1.29 is 18.0 Å². The Morgan fingerprint density at radius 1 is 1.00 bits per heavy atom. The summed E-state index contributed by atoms with van der Waals surface area (Å²) >= 11 is 0. The minimum absolute atomic E-state index is 0.0782. The standard InChI is InChI=1S/C16H17N3O4S/c1-11(20)19-14-6-8-15(9-7-14)24(22,23)18-10-12-2-4-13(5-3-12)16(17)21/h2-9,18H,10H2,1H3,(H2,17,21)(H,19,20). The lowest BCUT2D eigenvalue weighted by atomic mass is 10.1. The van der Waals surface area contributed by atoms with Crippen molar-refractivity contribution in [3.8, 4) is 0 Å². The second-order valence-electron chi connectivity index (χ2n) is 5.09. The third-order valence-electron chi connectivity index (χ3n) is 3.19. The molecule has 8 heteroatoms. The molecule has 2 aromatic carbocycles. The van der Waals surface area contributed by atoms with Gasteiger partial charge in [0.1, 0.15) is 0 Å². The number of amides is 2. The van der Waals surface area contributed by atoms with E-state index in [-0.39, 0.29) is 17.3 Å². The number of nitrogens with one attached hydrogen (secondary N) is 2. The molecule has 0 aliphatic heterocycles. The van der Waals surface area contributed by atoms with E-state index in [2.05, 4.69) is 10.0 Å². The lowest BCUT2D eigenvalue weighted by Crippen LogP contribution is -2.23. The predicted molar refractivity (Wildman–Crippen MR) is 89.7 cm³/mol. The molecule has 0 unspecified atom stereocenters. The number of nitrogens with two attached hydrogens (primary N) is 1. The Kier molecular flexibility index (Phi) is 5.32. The molecular formula is C16H17N3O4S. The number of anilines is 1. The maximum atomic E-state index is 12.2. The summed E-state index contributed by atoms with van der Waals surface area (Å²) < 4.78 is 27.0. The molecule has 0 aliphatic carbocycles. The summed E-state index contributed by atoms with van der Waals surface area (Å²) in [5, 5.41) is 2.56. The van der Waals surface area contributed by atoms with Crippen LogP contribution in [0.4, 0.5) is 5.69 Å². The van der Waals surface area contributed by atoms with Crippen LogP contribution in [0.1, 0.15) is 22.8 Å². The molecule has 4 N–H and O–H groups in total. The van der Waals surface area contributed by atoms with Gasteiger partial charge in [-0.2, -0.15) is 0 Å². The lowest BCUT2D eigenvalue weighted by Gasteiger charge is -2.08. The number of sulfonamides is 1. The summed E-state index contributed by atoms with van der Waals surface area (Å²) in [7, 11) is -3.68. The van der Waals surface area contributed by atoms with Crippen LogP contribution in [-0.4, -0.2) is 20.2 Å². The van der Waals surface area contributed by atoms with Gasteiger partial charge in [-0.05, 0) is 42.0 Å². The van der Waals surface area contributed by atoms with E-state index in [9.17, 15) is 18.0 Å². The van der Waals surface area contributed by atoms with Crippen molar-refractivity contribution in [3.63, 3.8) is 0 Å². The van der Waals surface area contributed by atoms with Crippen LogP contribution in [0, 0.1) is 0 Å². The molecular weight excluding hydrogens is 330 g/mol. The highest BCUT2D eigenvalue weighted by atomic mass is 32.2. The molecule has 126 valence electrons. The van der Waals surface area contributed by atoms with Gasteiger partial charge in [0.05, 0.1) is 4.90 Å². The van der Waals surface area contributed by atoms with Gasteiger partial charge in [0.25, 0.3) is 0 Å². The largest absolute Gasteiger partial charge is 0.366 e. The molecule has 0 spiro atoms. The highest BCUT2D eigenvalue weighted by Crippen LogP contribution is 2.14. The lowest BCUT2D eigenvalue weighted by molar-refractivity contribution is -0.114. The fourth-order valence-corrected chi connectivity index (χ4v) is 2.99. The molecule has 0 saturated heterocycles. The molecule has 0 saturated carbocycles. The molecule has 0 heterocycles. The molecule has 24 heavy (non-hydrogen) atoms. The highest BCUT2D eigenvalue weighted by molar-refractivity contribution is 7.89. The van der Waals surface area contributed by atoms with E-state index in [0.29, 0.717) is 16.8 Å². The van der Waals surface area contributed by atoms with E-state index in [1.165, 1.54) is 43.3 Å². The number of hydrogen-bond donors (Lipinski definition) is 3. The average molecular weight is 347 g/mol. The first-order valence-electron chi connectivity index (χ1n) is 7.04. The number of primary amides is 1. The molecule has 0 fully saturated rings. The molecule has 2 rings (SSSR count). The van der Waals surface area contributed by atoms with E-state index in [4.69, 9.17) is 5.73 Å². The number of benzene rings is 2. The quantitative estimate of drug-likeness (QED) is 0.728. The maximum absolute atomic E-state index is 12.2. The molecule has 2 aromatic rings. The first-order valence-corrected chi connectivity index (χ1v) is 8.52. The zero-order valence-corrected chi connectivity index (χ0v) is 13.8. The predicted octanol–water partition coefficient (Wildman–Crippen LogP) is 1.22. The van der Waals surface area contributed by atoms with E-state index >= 15 is 0 Å². The van der Waals surface area contributed by atoms with Gasteiger partial charge < -0.3 is 11.1 Å². The van der Waals surface area contributed by atoms with Crippen molar-refractivity contribution in [1.82, 2.24) is 4.72 Å². The van der Waals surface area contributed by atoms with Crippen LogP contribution in [0.2, 0.25) is 0 Å². The summed E-state index contributed by atoms with van der Waals surface area (Å²) in [6.45, 7) is 1.45. The molecule has 0 bridgehead atoms. The van der Waals surface area contributed by atoms with Gasteiger partial charge >= 0.3 is 0 Å². The minimum atomic E-state index is -3.68. The Morgan fingerprint density at radius 3 is 2.08 bits per heavy atom. The van der Waals surface area contributed by atoms with Gasteiger partial charge in [0.2, 0.25) is 21.8 Å². The van der Waals surface area contributed by atoms with Crippen molar-refractivity contribution in [1.29, 1.82) is 0 Å². The third kappa shape index (κ3) is 4.64. The topological polar surface area (TPSA) is 118 Å². The summed E-state index contributed by atoms with van der Waals surface area (Å²) in [5.41, 5.74) is 6.72.